The number of nitrogens with one attached hydrogen (secondary N) is 1. The van der Waals surface area contributed by atoms with Crippen LogP contribution in [0.15, 0.2) is 24.3 Å². The highest BCUT2D eigenvalue weighted by atomic mass is 16.2. The number of likely N-dealkylation sites (tertiary alicyclic amines) is 1. The number of nitriles is 1. The van der Waals surface area contributed by atoms with Gasteiger partial charge in [-0.15, -0.1) is 0 Å². The van der Waals surface area contributed by atoms with E-state index < -0.39 is 0 Å². The lowest BCUT2D eigenvalue weighted by atomic mass is 10.0. The largest absolute Gasteiger partial charge is 0.333 e. The van der Waals surface area contributed by atoms with Crippen LogP contribution >= 0.6 is 0 Å². The van der Waals surface area contributed by atoms with E-state index in [-0.39, 0.29) is 18.4 Å². The van der Waals surface area contributed by atoms with E-state index in [0.29, 0.717) is 30.1 Å². The molecule has 0 aromatic heterocycles. The first-order valence-corrected chi connectivity index (χ1v) is 7.17. The van der Waals surface area contributed by atoms with Crippen LogP contribution in [0.5, 0.6) is 0 Å². The molecular weight excluding hydrogens is 266 g/mol. The van der Waals surface area contributed by atoms with Gasteiger partial charge >= 0.3 is 0 Å². The second-order valence-electron chi connectivity index (χ2n) is 5.45. The molecular formula is C16H19N3O2. The molecule has 1 unspecified atom stereocenters. The van der Waals surface area contributed by atoms with Gasteiger partial charge in [0.2, 0.25) is 11.8 Å². The zero-order valence-corrected chi connectivity index (χ0v) is 12.1. The number of anilines is 1. The molecule has 1 saturated heterocycles. The molecule has 0 radical (unpaired) electrons. The van der Waals surface area contributed by atoms with Crippen molar-refractivity contribution in [2.45, 2.75) is 26.2 Å². The maximum absolute atomic E-state index is 12.1. The van der Waals surface area contributed by atoms with Crippen LogP contribution in [-0.4, -0.2) is 29.8 Å². The minimum absolute atomic E-state index is 0.0306. The van der Waals surface area contributed by atoms with Gasteiger partial charge in [-0.25, -0.2) is 0 Å². The van der Waals surface area contributed by atoms with Crippen molar-refractivity contribution in [1.29, 1.82) is 5.26 Å². The van der Waals surface area contributed by atoms with E-state index in [9.17, 15) is 9.59 Å². The van der Waals surface area contributed by atoms with Crippen molar-refractivity contribution >= 4 is 17.5 Å². The highest BCUT2D eigenvalue weighted by molar-refractivity contribution is 5.95. The molecule has 5 nitrogen and oxygen atoms in total. The smallest absolute Gasteiger partial charge is 0.244 e. The summed E-state index contributed by atoms with van der Waals surface area (Å²) in [6, 6.07) is 8.87. The van der Waals surface area contributed by atoms with E-state index in [0.717, 1.165) is 12.8 Å². The second-order valence-corrected chi connectivity index (χ2v) is 5.45. The summed E-state index contributed by atoms with van der Waals surface area (Å²) in [6.07, 6.45) is 2.31. The zero-order chi connectivity index (χ0) is 15.2. The van der Waals surface area contributed by atoms with Crippen LogP contribution in [0.4, 0.5) is 5.69 Å². The van der Waals surface area contributed by atoms with E-state index in [1.165, 1.54) is 0 Å². The van der Waals surface area contributed by atoms with Gasteiger partial charge in [-0.05, 0) is 30.9 Å². The van der Waals surface area contributed by atoms with Crippen molar-refractivity contribution in [3.8, 4) is 6.07 Å². The molecule has 0 saturated carbocycles. The van der Waals surface area contributed by atoms with Gasteiger partial charge in [-0.1, -0.05) is 19.1 Å². The lowest BCUT2D eigenvalue weighted by molar-refractivity contribution is -0.134. The molecule has 0 aliphatic carbocycles. The van der Waals surface area contributed by atoms with E-state index in [1.54, 1.807) is 29.2 Å². The third-order valence-electron chi connectivity index (χ3n) is 3.75. The summed E-state index contributed by atoms with van der Waals surface area (Å²) in [5.74, 6) is 0.282. The molecule has 5 heteroatoms. The number of nitrogens with zero attached hydrogens (tertiary/aromatic N) is 2. The fourth-order valence-electron chi connectivity index (χ4n) is 2.39. The van der Waals surface area contributed by atoms with E-state index in [1.807, 2.05) is 6.07 Å². The first-order valence-electron chi connectivity index (χ1n) is 7.17. The van der Waals surface area contributed by atoms with Crippen molar-refractivity contribution in [3.05, 3.63) is 29.8 Å². The Bertz CT molecular complexity index is 577. The van der Waals surface area contributed by atoms with Gasteiger partial charge in [0.1, 0.15) is 6.07 Å². The number of para-hydroxylation sites is 1. The highest BCUT2D eigenvalue weighted by Gasteiger charge is 2.22. The molecule has 1 fully saturated rings. The van der Waals surface area contributed by atoms with Crippen molar-refractivity contribution in [1.82, 2.24) is 4.90 Å². The molecule has 1 atom stereocenters. The third kappa shape index (κ3) is 4.06. The Kier molecular flexibility index (Phi) is 4.94. The molecule has 0 spiro atoms. The molecule has 1 aliphatic rings. The molecule has 1 N–H and O–H groups in total. The van der Waals surface area contributed by atoms with Crippen LogP contribution in [-0.2, 0) is 9.59 Å². The molecule has 1 aromatic rings. The van der Waals surface area contributed by atoms with Crippen LogP contribution in [0.3, 0.4) is 0 Å². The summed E-state index contributed by atoms with van der Waals surface area (Å²) in [6.45, 7) is 2.79. The zero-order valence-electron chi connectivity index (χ0n) is 12.1. The van der Waals surface area contributed by atoms with Gasteiger partial charge < -0.3 is 10.2 Å². The van der Waals surface area contributed by atoms with Crippen molar-refractivity contribution in [2.24, 2.45) is 5.92 Å². The van der Waals surface area contributed by atoms with E-state index >= 15 is 0 Å². The molecule has 1 aliphatic heterocycles. The third-order valence-corrected chi connectivity index (χ3v) is 3.75. The lowest BCUT2D eigenvalue weighted by Gasteiger charge is -2.20. The van der Waals surface area contributed by atoms with E-state index in [2.05, 4.69) is 12.2 Å². The molecule has 2 amide bonds. The molecule has 0 bridgehead atoms. The predicted octanol–water partition coefficient (Wildman–Crippen LogP) is 2.15. The van der Waals surface area contributed by atoms with Crippen LogP contribution in [0.25, 0.3) is 0 Å². The van der Waals surface area contributed by atoms with E-state index in [4.69, 9.17) is 5.26 Å². The summed E-state index contributed by atoms with van der Waals surface area (Å²) in [5.41, 5.74) is 0.905. The Labute approximate surface area is 124 Å². The summed E-state index contributed by atoms with van der Waals surface area (Å²) in [4.78, 5) is 25.6. The number of carbonyl (C=O) groups is 2. The Morgan fingerprint density at radius 2 is 2.19 bits per heavy atom. The molecule has 1 heterocycles. The average Bonchev–Trinajstić information content (AvgIpc) is 2.63. The van der Waals surface area contributed by atoms with Gasteiger partial charge in [0.05, 0.1) is 17.8 Å². The van der Waals surface area contributed by atoms with Crippen molar-refractivity contribution in [2.75, 3.05) is 18.4 Å². The van der Waals surface area contributed by atoms with Crippen LogP contribution in [0.1, 0.15) is 31.7 Å². The minimum Gasteiger partial charge on any atom is -0.333 e. The molecule has 1 aromatic carbocycles. The van der Waals surface area contributed by atoms with Crippen LogP contribution in [0, 0.1) is 17.2 Å². The monoisotopic (exact) mass is 285 g/mol. The van der Waals surface area contributed by atoms with Gasteiger partial charge in [0.15, 0.2) is 0 Å². The lowest BCUT2D eigenvalue weighted by Crippen LogP contribution is -2.37. The minimum atomic E-state index is -0.263. The number of hydrogen-bond acceptors (Lipinski definition) is 3. The normalized spacial score (nSPS) is 18.8. The van der Waals surface area contributed by atoms with Crippen LogP contribution < -0.4 is 5.32 Å². The first-order chi connectivity index (χ1) is 10.1. The summed E-state index contributed by atoms with van der Waals surface area (Å²) >= 11 is 0. The van der Waals surface area contributed by atoms with Crippen molar-refractivity contribution < 1.29 is 9.59 Å². The number of hydrogen-bond donors (Lipinski definition) is 1. The van der Waals surface area contributed by atoms with Gasteiger partial charge in [0, 0.05) is 13.0 Å². The van der Waals surface area contributed by atoms with Crippen LogP contribution in [0.2, 0.25) is 0 Å². The summed E-state index contributed by atoms with van der Waals surface area (Å²) in [7, 11) is 0. The average molecular weight is 285 g/mol. The quantitative estimate of drug-likeness (QED) is 0.924. The fourth-order valence-corrected chi connectivity index (χ4v) is 2.39. The maximum Gasteiger partial charge on any atom is 0.244 e. The van der Waals surface area contributed by atoms with Gasteiger partial charge in [-0.2, -0.15) is 5.26 Å². The van der Waals surface area contributed by atoms with Crippen molar-refractivity contribution in [3.63, 3.8) is 0 Å². The number of amides is 2. The summed E-state index contributed by atoms with van der Waals surface area (Å²) in [5, 5.41) is 11.7. The Morgan fingerprint density at radius 3 is 2.95 bits per heavy atom. The number of carbonyl (C=O) groups excluding carboxylic acids is 2. The predicted molar refractivity (Wildman–Crippen MR) is 79.4 cm³/mol. The second kappa shape index (κ2) is 6.89. The molecule has 2 rings (SSSR count). The maximum atomic E-state index is 12.1. The number of rotatable bonds is 3. The van der Waals surface area contributed by atoms with Gasteiger partial charge in [0.25, 0.3) is 0 Å². The molecule has 21 heavy (non-hydrogen) atoms. The Hall–Kier alpha value is -2.35. The Morgan fingerprint density at radius 1 is 1.43 bits per heavy atom. The standard InChI is InChI=1S/C16H19N3O2/c1-12-6-7-16(21)19(9-8-12)11-15(20)18-14-5-3-2-4-13(14)10-17/h2-5,12H,6-9,11H2,1H3,(H,18,20). The van der Waals surface area contributed by atoms with Gasteiger partial charge in [-0.3, -0.25) is 9.59 Å². The summed E-state index contributed by atoms with van der Waals surface area (Å²) < 4.78 is 0. The fraction of sp³-hybridized carbons (Fsp3) is 0.438. The topological polar surface area (TPSA) is 73.2 Å². The first kappa shape index (κ1) is 15.0. The number of benzene rings is 1. The Balaban J connectivity index is 1.98. The SMILES string of the molecule is CC1CCC(=O)N(CC(=O)Nc2ccccc2C#N)CC1. The highest BCUT2D eigenvalue weighted by Crippen LogP contribution is 2.18. The molecule has 110 valence electrons.